The Morgan fingerprint density at radius 1 is 0.880 bits per heavy atom. The Hall–Kier alpha value is -5.09. The average molecular weight is 664 g/mol. The van der Waals surface area contributed by atoms with Crippen LogP contribution in [-0.4, -0.2) is 23.9 Å². The minimum Gasteiger partial charge on any atom is -0.513 e. The van der Waals surface area contributed by atoms with Gasteiger partial charge in [-0.25, -0.2) is 0 Å². The fourth-order valence-electron chi connectivity index (χ4n) is 7.10. The Morgan fingerprint density at radius 2 is 1.50 bits per heavy atom. The van der Waals surface area contributed by atoms with Crippen molar-refractivity contribution in [3.63, 3.8) is 0 Å². The van der Waals surface area contributed by atoms with Crippen LogP contribution in [0.4, 0.5) is 17.1 Å². The molecule has 2 N–H and O–H groups in total. The zero-order chi connectivity index (χ0) is 35.9. The van der Waals surface area contributed by atoms with Gasteiger partial charge in [-0.05, 0) is 95.8 Å². The highest BCUT2D eigenvalue weighted by atomic mass is 16.3. The summed E-state index contributed by atoms with van der Waals surface area (Å²) < 4.78 is 0. The van der Waals surface area contributed by atoms with E-state index in [0.29, 0.717) is 18.3 Å². The monoisotopic (exact) mass is 663 g/mol. The number of nitrogens with one attached hydrogen (secondary N) is 1. The van der Waals surface area contributed by atoms with Crippen molar-refractivity contribution in [1.29, 1.82) is 0 Å². The lowest BCUT2D eigenvalue weighted by Gasteiger charge is -2.34. The van der Waals surface area contributed by atoms with Gasteiger partial charge in [-0.15, -0.1) is 0 Å². The number of para-hydroxylation sites is 2. The minimum absolute atomic E-state index is 0.0226. The van der Waals surface area contributed by atoms with Gasteiger partial charge in [0, 0.05) is 36.3 Å². The number of nitrogens with zero attached hydrogens (tertiary/aromatic N) is 2. The number of rotatable bonds is 14. The Labute approximate surface area is 300 Å². The third-order valence-corrected chi connectivity index (χ3v) is 9.78. The molecule has 2 atom stereocenters. The number of aliphatic hydroxyl groups is 1. The van der Waals surface area contributed by atoms with E-state index in [9.17, 15) is 5.11 Å². The molecule has 0 saturated carbocycles. The molecule has 258 valence electrons. The first-order valence-electron chi connectivity index (χ1n) is 17.8. The lowest BCUT2D eigenvalue weighted by molar-refractivity contribution is 0.413. The molecule has 0 aromatic heterocycles. The second kappa shape index (κ2) is 16.1. The van der Waals surface area contributed by atoms with Crippen LogP contribution in [0, 0.1) is 0 Å². The number of hydrogen-bond donors (Lipinski definition) is 2. The third-order valence-electron chi connectivity index (χ3n) is 9.78. The topological polar surface area (TPSA) is 47.9 Å². The van der Waals surface area contributed by atoms with Crippen LogP contribution in [0.2, 0.25) is 0 Å². The molecule has 0 saturated heterocycles. The molecule has 0 aliphatic carbocycles. The highest BCUT2D eigenvalue weighted by molar-refractivity contribution is 6.10. The van der Waals surface area contributed by atoms with Crippen molar-refractivity contribution in [3.8, 4) is 11.1 Å². The van der Waals surface area contributed by atoms with Gasteiger partial charge in [-0.3, -0.25) is 4.99 Å². The number of allylic oxidation sites excluding steroid dienone is 4. The van der Waals surface area contributed by atoms with Crippen molar-refractivity contribution in [2.45, 2.75) is 77.7 Å². The van der Waals surface area contributed by atoms with Gasteiger partial charge in [-0.1, -0.05) is 120 Å². The van der Waals surface area contributed by atoms with Gasteiger partial charge >= 0.3 is 0 Å². The summed E-state index contributed by atoms with van der Waals surface area (Å²) >= 11 is 0. The van der Waals surface area contributed by atoms with Crippen LogP contribution >= 0.6 is 0 Å². The van der Waals surface area contributed by atoms with E-state index in [2.05, 4.69) is 156 Å². The van der Waals surface area contributed by atoms with E-state index in [1.165, 1.54) is 33.5 Å². The van der Waals surface area contributed by atoms with Crippen molar-refractivity contribution in [2.24, 2.45) is 4.99 Å². The summed E-state index contributed by atoms with van der Waals surface area (Å²) in [5, 5.41) is 13.7. The minimum atomic E-state index is -0.0226. The van der Waals surface area contributed by atoms with Gasteiger partial charge in [0.25, 0.3) is 0 Å². The molecule has 0 spiro atoms. The Kier molecular flexibility index (Phi) is 11.6. The first kappa shape index (κ1) is 36.2. The first-order valence-corrected chi connectivity index (χ1v) is 17.8. The van der Waals surface area contributed by atoms with Crippen LogP contribution in [0.25, 0.3) is 11.1 Å². The van der Waals surface area contributed by atoms with Crippen molar-refractivity contribution in [2.75, 3.05) is 17.3 Å². The van der Waals surface area contributed by atoms with Crippen LogP contribution in [0.3, 0.4) is 0 Å². The maximum absolute atomic E-state index is 9.83. The Balaban J connectivity index is 1.46. The molecule has 0 bridgehead atoms. The van der Waals surface area contributed by atoms with Crippen LogP contribution in [0.15, 0.2) is 145 Å². The van der Waals surface area contributed by atoms with E-state index < -0.39 is 0 Å². The third kappa shape index (κ3) is 8.19. The Morgan fingerprint density at radius 3 is 2.14 bits per heavy atom. The van der Waals surface area contributed by atoms with Gasteiger partial charge in [0.1, 0.15) is 0 Å². The smallest absolute Gasteiger partial charge is 0.0894 e. The summed E-state index contributed by atoms with van der Waals surface area (Å²) in [6, 6.07) is 32.4. The van der Waals surface area contributed by atoms with E-state index in [-0.39, 0.29) is 17.7 Å². The standard InChI is InChI=1S/C46H53N3O/c1-10-42-38-21-15-14-20-37(38)39(25-24-32(6)26-34(8)50)44(47-42)27-33(7)49(9)45-23-17-16-22-43(45)48-46-40(30(2)3)28-36(29-41(46)31(4)5)35-18-12-11-13-19-35/h10-23,26,28-31,39,44,48,50H,1,6-7,24-25,27H2,2-5,8-9H3/b34-26+. The highest BCUT2D eigenvalue weighted by Gasteiger charge is 2.31. The molecule has 1 aliphatic rings. The largest absolute Gasteiger partial charge is 0.513 e. The molecule has 4 heteroatoms. The first-order chi connectivity index (χ1) is 24.0. The summed E-state index contributed by atoms with van der Waals surface area (Å²) in [5.41, 5.74) is 13.6. The number of anilines is 3. The SMILES string of the molecule is C=CC1=NC(CC(=C)N(C)c2ccccc2Nc2c(C(C)C)cc(-c3ccccc3)cc2C(C)C)C(CCC(=C)/C=C(\C)O)c2ccccc21. The summed E-state index contributed by atoms with van der Waals surface area (Å²) in [7, 11) is 2.11. The summed E-state index contributed by atoms with van der Waals surface area (Å²) in [4.78, 5) is 7.47. The van der Waals surface area contributed by atoms with Crippen molar-refractivity contribution < 1.29 is 5.11 Å². The fraction of sp³-hybridized carbons (Fsp3) is 0.283. The lowest BCUT2D eigenvalue weighted by atomic mass is 9.79. The number of benzene rings is 4. The molecule has 4 nitrogen and oxygen atoms in total. The predicted molar refractivity (Wildman–Crippen MR) is 216 cm³/mol. The second-order valence-corrected chi connectivity index (χ2v) is 14.1. The molecule has 5 rings (SSSR count). The van der Waals surface area contributed by atoms with Gasteiger partial charge in [0.2, 0.25) is 0 Å². The average Bonchev–Trinajstić information content (AvgIpc) is 3.10. The van der Waals surface area contributed by atoms with Crippen molar-refractivity contribution >= 4 is 22.8 Å². The van der Waals surface area contributed by atoms with Crippen molar-refractivity contribution in [1.82, 2.24) is 0 Å². The molecule has 50 heavy (non-hydrogen) atoms. The number of fused-ring (bicyclic) bond motifs is 1. The van der Waals surface area contributed by atoms with Gasteiger partial charge in [0.05, 0.1) is 28.9 Å². The molecule has 1 aliphatic heterocycles. The van der Waals surface area contributed by atoms with E-state index >= 15 is 0 Å². The summed E-state index contributed by atoms with van der Waals surface area (Å²) in [6.07, 6.45) is 5.93. The molecule has 0 fully saturated rings. The number of aliphatic imine (C=N–C) groups is 1. The second-order valence-electron chi connectivity index (χ2n) is 14.1. The van der Waals surface area contributed by atoms with E-state index in [1.807, 2.05) is 6.08 Å². The molecule has 0 amide bonds. The molecular weight excluding hydrogens is 611 g/mol. The lowest BCUT2D eigenvalue weighted by Crippen LogP contribution is -2.29. The van der Waals surface area contributed by atoms with Crippen LogP contribution in [-0.2, 0) is 0 Å². The predicted octanol–water partition coefficient (Wildman–Crippen LogP) is 12.6. The van der Waals surface area contributed by atoms with Crippen LogP contribution in [0.1, 0.15) is 93.9 Å². The molecule has 4 aromatic carbocycles. The quantitative estimate of drug-likeness (QED) is 0.104. The van der Waals surface area contributed by atoms with E-state index in [4.69, 9.17) is 4.99 Å². The molecule has 2 unspecified atom stereocenters. The summed E-state index contributed by atoms with van der Waals surface area (Å²) in [5.74, 6) is 1.10. The van der Waals surface area contributed by atoms with E-state index in [0.717, 1.165) is 46.8 Å². The maximum atomic E-state index is 9.83. The van der Waals surface area contributed by atoms with E-state index in [1.54, 1.807) is 13.0 Å². The molecule has 4 aromatic rings. The summed E-state index contributed by atoms with van der Waals surface area (Å²) in [6.45, 7) is 23.7. The number of aliphatic hydroxyl groups excluding tert-OH is 1. The Bertz CT molecular complexity index is 1880. The van der Waals surface area contributed by atoms with Gasteiger partial charge < -0.3 is 15.3 Å². The highest BCUT2D eigenvalue weighted by Crippen LogP contribution is 2.42. The van der Waals surface area contributed by atoms with Crippen LogP contribution in [0.5, 0.6) is 0 Å². The van der Waals surface area contributed by atoms with Crippen molar-refractivity contribution in [3.05, 3.63) is 162 Å². The molecule has 1 heterocycles. The molecular formula is C46H53N3O. The zero-order valence-corrected chi connectivity index (χ0v) is 30.7. The number of hydrogen-bond acceptors (Lipinski definition) is 4. The fourth-order valence-corrected chi connectivity index (χ4v) is 7.10. The van der Waals surface area contributed by atoms with Gasteiger partial charge in [-0.2, -0.15) is 0 Å². The van der Waals surface area contributed by atoms with Crippen LogP contribution < -0.4 is 10.2 Å². The normalized spacial score (nSPS) is 15.8. The van der Waals surface area contributed by atoms with Gasteiger partial charge in [0.15, 0.2) is 0 Å². The molecule has 0 radical (unpaired) electrons. The maximum Gasteiger partial charge on any atom is 0.0894 e. The zero-order valence-electron chi connectivity index (χ0n) is 30.7.